The largest absolute Gasteiger partial charge is 0.508 e. The highest BCUT2D eigenvalue weighted by Crippen LogP contribution is 2.34. The van der Waals surface area contributed by atoms with Crippen molar-refractivity contribution in [1.82, 2.24) is 4.57 Å². The van der Waals surface area contributed by atoms with E-state index in [9.17, 15) is 9.90 Å². The average Bonchev–Trinajstić information content (AvgIpc) is 2.87. The number of rotatable bonds is 5. The van der Waals surface area contributed by atoms with Gasteiger partial charge >= 0.3 is 5.97 Å². The molecule has 4 nitrogen and oxygen atoms in total. The van der Waals surface area contributed by atoms with Crippen LogP contribution in [-0.4, -0.2) is 22.8 Å². The van der Waals surface area contributed by atoms with Gasteiger partial charge in [-0.25, -0.2) is 0 Å². The van der Waals surface area contributed by atoms with Crippen LogP contribution in [-0.2, 0) is 29.4 Å². The van der Waals surface area contributed by atoms with Crippen LogP contribution in [0.25, 0.3) is 10.9 Å². The second kappa shape index (κ2) is 7.28. The van der Waals surface area contributed by atoms with Gasteiger partial charge in [0.2, 0.25) is 0 Å². The maximum atomic E-state index is 12.2. The molecule has 3 rings (SSSR count). The van der Waals surface area contributed by atoms with Crippen molar-refractivity contribution in [2.75, 3.05) is 7.11 Å². The van der Waals surface area contributed by atoms with Crippen molar-refractivity contribution in [1.29, 1.82) is 0 Å². The van der Waals surface area contributed by atoms with E-state index in [0.717, 1.165) is 27.7 Å². The van der Waals surface area contributed by atoms with Gasteiger partial charge in [-0.2, -0.15) is 0 Å². The summed E-state index contributed by atoms with van der Waals surface area (Å²) in [5.74, 6) is -0.0204. The van der Waals surface area contributed by atoms with Gasteiger partial charge in [-0.3, -0.25) is 4.79 Å². The second-order valence-corrected chi connectivity index (χ2v) is 7.98. The molecule has 5 heteroatoms. The smallest absolute Gasteiger partial charge is 0.311 e. The molecule has 0 fully saturated rings. The summed E-state index contributed by atoms with van der Waals surface area (Å²) >= 11 is 6.02. The van der Waals surface area contributed by atoms with Crippen LogP contribution in [0, 0.1) is 5.41 Å². The van der Waals surface area contributed by atoms with E-state index in [1.165, 1.54) is 7.11 Å². The van der Waals surface area contributed by atoms with Crippen LogP contribution < -0.4 is 0 Å². The van der Waals surface area contributed by atoms with Crippen molar-refractivity contribution >= 4 is 28.5 Å². The number of phenolic OH excluding ortho intramolecular Hbond substituents is 1. The van der Waals surface area contributed by atoms with Crippen molar-refractivity contribution in [3.8, 4) is 5.75 Å². The molecule has 0 amide bonds. The van der Waals surface area contributed by atoms with Crippen LogP contribution in [0.15, 0.2) is 42.5 Å². The fraction of sp³-hybridized carbons (Fsp3) is 0.318. The minimum absolute atomic E-state index is 0.222. The van der Waals surface area contributed by atoms with Crippen LogP contribution in [0.2, 0.25) is 5.02 Å². The Bertz CT molecular complexity index is 987. The number of esters is 1. The van der Waals surface area contributed by atoms with Gasteiger partial charge in [0.1, 0.15) is 5.75 Å². The van der Waals surface area contributed by atoms with Gasteiger partial charge in [-0.1, -0.05) is 23.7 Å². The Balaban J connectivity index is 2.14. The third-order valence-corrected chi connectivity index (χ3v) is 5.31. The summed E-state index contributed by atoms with van der Waals surface area (Å²) in [5.41, 5.74) is 3.62. The first-order chi connectivity index (χ1) is 12.7. The van der Waals surface area contributed by atoms with Gasteiger partial charge in [-0.15, -0.1) is 0 Å². The number of fused-ring (bicyclic) bond motifs is 1. The van der Waals surface area contributed by atoms with E-state index in [0.29, 0.717) is 17.9 Å². The van der Waals surface area contributed by atoms with E-state index < -0.39 is 5.41 Å². The van der Waals surface area contributed by atoms with E-state index in [4.69, 9.17) is 16.3 Å². The number of carbonyl (C=O) groups is 1. The lowest BCUT2D eigenvalue weighted by Gasteiger charge is -2.23. The van der Waals surface area contributed by atoms with Crippen LogP contribution >= 0.6 is 11.6 Å². The number of benzene rings is 2. The molecule has 1 aromatic heterocycles. The van der Waals surface area contributed by atoms with Gasteiger partial charge in [0.25, 0.3) is 0 Å². The Morgan fingerprint density at radius 1 is 1.19 bits per heavy atom. The Morgan fingerprint density at radius 2 is 1.85 bits per heavy atom. The Kier molecular flexibility index (Phi) is 5.20. The number of aromatic hydroxyl groups is 1. The zero-order chi connectivity index (χ0) is 19.8. The van der Waals surface area contributed by atoms with Crippen molar-refractivity contribution < 1.29 is 14.6 Å². The number of hydrogen-bond acceptors (Lipinski definition) is 3. The molecule has 0 saturated heterocycles. The van der Waals surface area contributed by atoms with Gasteiger partial charge in [0.05, 0.1) is 18.0 Å². The van der Waals surface area contributed by atoms with Gasteiger partial charge < -0.3 is 14.4 Å². The predicted octanol–water partition coefficient (Wildman–Crippen LogP) is 4.87. The summed E-state index contributed by atoms with van der Waals surface area (Å²) in [6.45, 7) is 3.78. The molecule has 0 aliphatic carbocycles. The first kappa shape index (κ1) is 19.3. The van der Waals surface area contributed by atoms with E-state index in [1.54, 1.807) is 12.1 Å². The number of ether oxygens (including phenoxy) is 1. The number of phenols is 1. The molecule has 142 valence electrons. The number of nitrogens with zero attached hydrogens (tertiary/aromatic N) is 1. The SMILES string of the molecule is COC(=O)C(C)(C)Cc1c(Cc2ccc(Cl)cc2)c2ccc(O)cc2n1C. The summed E-state index contributed by atoms with van der Waals surface area (Å²) < 4.78 is 7.05. The molecule has 1 N–H and O–H groups in total. The first-order valence-electron chi connectivity index (χ1n) is 8.85. The van der Waals surface area contributed by atoms with E-state index in [2.05, 4.69) is 4.57 Å². The molecule has 27 heavy (non-hydrogen) atoms. The highest BCUT2D eigenvalue weighted by Gasteiger charge is 2.32. The number of aryl methyl sites for hydroxylation is 1. The standard InChI is InChI=1S/C22H24ClNO3/c1-22(2,21(26)27-4)13-20-18(11-14-5-7-15(23)8-6-14)17-10-9-16(25)12-19(17)24(20)3/h5-10,12,25H,11,13H2,1-4H3. The number of methoxy groups -OCH3 is 1. The minimum Gasteiger partial charge on any atom is -0.508 e. The zero-order valence-electron chi connectivity index (χ0n) is 16.0. The molecular formula is C22H24ClNO3. The Hall–Kier alpha value is -2.46. The van der Waals surface area contributed by atoms with Crippen LogP contribution in [0.1, 0.15) is 30.7 Å². The molecule has 0 aliphatic heterocycles. The molecule has 0 aliphatic rings. The van der Waals surface area contributed by atoms with Crippen LogP contribution in [0.3, 0.4) is 0 Å². The summed E-state index contributed by atoms with van der Waals surface area (Å²) in [5, 5.41) is 11.7. The molecule has 0 saturated carbocycles. The molecule has 0 radical (unpaired) electrons. The first-order valence-corrected chi connectivity index (χ1v) is 9.23. The molecular weight excluding hydrogens is 362 g/mol. The minimum atomic E-state index is -0.659. The Labute approximate surface area is 164 Å². The predicted molar refractivity (Wildman–Crippen MR) is 108 cm³/mol. The molecule has 0 unspecified atom stereocenters. The molecule has 0 bridgehead atoms. The monoisotopic (exact) mass is 385 g/mol. The molecule has 2 aromatic carbocycles. The van der Waals surface area contributed by atoms with E-state index in [-0.39, 0.29) is 11.7 Å². The lowest BCUT2D eigenvalue weighted by Crippen LogP contribution is -2.29. The number of halogens is 1. The lowest BCUT2D eigenvalue weighted by atomic mass is 9.85. The van der Waals surface area contributed by atoms with Gasteiger partial charge in [0, 0.05) is 35.6 Å². The Morgan fingerprint density at radius 3 is 2.48 bits per heavy atom. The van der Waals surface area contributed by atoms with Crippen molar-refractivity contribution in [2.24, 2.45) is 12.5 Å². The quantitative estimate of drug-likeness (QED) is 0.637. The molecule has 3 aromatic rings. The third kappa shape index (κ3) is 3.81. The number of carbonyl (C=O) groups excluding carboxylic acids is 1. The van der Waals surface area contributed by atoms with Crippen LogP contribution in [0.4, 0.5) is 0 Å². The highest BCUT2D eigenvalue weighted by atomic mass is 35.5. The zero-order valence-corrected chi connectivity index (χ0v) is 16.8. The third-order valence-electron chi connectivity index (χ3n) is 5.06. The second-order valence-electron chi connectivity index (χ2n) is 7.54. The maximum absolute atomic E-state index is 12.2. The van der Waals surface area contributed by atoms with Crippen molar-refractivity contribution in [3.63, 3.8) is 0 Å². The van der Waals surface area contributed by atoms with Gasteiger partial charge in [0.15, 0.2) is 0 Å². The van der Waals surface area contributed by atoms with E-state index >= 15 is 0 Å². The molecule has 0 spiro atoms. The number of aromatic nitrogens is 1. The average molecular weight is 386 g/mol. The fourth-order valence-electron chi connectivity index (χ4n) is 3.55. The van der Waals surface area contributed by atoms with E-state index in [1.807, 2.05) is 51.2 Å². The normalized spacial score (nSPS) is 11.7. The summed E-state index contributed by atoms with van der Waals surface area (Å²) in [6.07, 6.45) is 1.25. The van der Waals surface area contributed by atoms with Crippen molar-refractivity contribution in [2.45, 2.75) is 26.7 Å². The van der Waals surface area contributed by atoms with Gasteiger partial charge in [-0.05, 0) is 55.7 Å². The summed E-state index contributed by atoms with van der Waals surface area (Å²) in [4.78, 5) is 12.2. The molecule has 0 atom stereocenters. The number of hydrogen-bond donors (Lipinski definition) is 1. The topological polar surface area (TPSA) is 51.5 Å². The summed E-state index contributed by atoms with van der Waals surface area (Å²) in [7, 11) is 3.38. The highest BCUT2D eigenvalue weighted by molar-refractivity contribution is 6.30. The maximum Gasteiger partial charge on any atom is 0.311 e. The fourth-order valence-corrected chi connectivity index (χ4v) is 3.68. The van der Waals surface area contributed by atoms with Crippen molar-refractivity contribution in [3.05, 3.63) is 64.3 Å². The molecule has 1 heterocycles. The summed E-state index contributed by atoms with van der Waals surface area (Å²) in [6, 6.07) is 13.2. The lowest BCUT2D eigenvalue weighted by molar-refractivity contribution is -0.150. The van der Waals surface area contributed by atoms with Crippen LogP contribution in [0.5, 0.6) is 5.75 Å².